The van der Waals surface area contributed by atoms with Gasteiger partial charge < -0.3 is 25.4 Å². The molecule has 2 fully saturated rings. The number of carbonyl (C=O) groups excluding carboxylic acids is 1. The molecule has 7 nitrogen and oxygen atoms in total. The Hall–Kier alpha value is -1.55. The van der Waals surface area contributed by atoms with Gasteiger partial charge in [0.05, 0.1) is 13.7 Å². The lowest BCUT2D eigenvalue weighted by Crippen LogP contribution is -2.43. The number of benzene rings is 1. The molecule has 0 bridgehead atoms. The van der Waals surface area contributed by atoms with Gasteiger partial charge >= 0.3 is 0 Å². The summed E-state index contributed by atoms with van der Waals surface area (Å²) in [5.74, 6) is 2.10. The number of nitrogens with one attached hydrogen (secondary N) is 3. The molecule has 1 aromatic rings. The summed E-state index contributed by atoms with van der Waals surface area (Å²) in [7, 11) is 1.73. The Morgan fingerprint density at radius 1 is 1.19 bits per heavy atom. The van der Waals surface area contributed by atoms with Crippen molar-refractivity contribution in [2.24, 2.45) is 10.9 Å². The molecule has 31 heavy (non-hydrogen) atoms. The van der Waals surface area contributed by atoms with E-state index in [0.717, 1.165) is 57.2 Å². The molecule has 3 N–H and O–H groups in total. The van der Waals surface area contributed by atoms with Gasteiger partial charge in [-0.3, -0.25) is 9.79 Å². The highest BCUT2D eigenvalue weighted by Gasteiger charge is 2.37. The molecule has 0 aromatic heterocycles. The Balaban J connectivity index is 0.00000341. The highest BCUT2D eigenvalue weighted by Crippen LogP contribution is 2.40. The molecule has 1 amide bonds. The number of halogens is 1. The van der Waals surface area contributed by atoms with Crippen LogP contribution < -0.4 is 20.7 Å². The maximum absolute atomic E-state index is 11.8. The molecule has 1 aliphatic carbocycles. The Labute approximate surface area is 203 Å². The van der Waals surface area contributed by atoms with E-state index in [-0.39, 0.29) is 41.2 Å². The smallest absolute Gasteiger partial charge is 0.223 e. The number of nitrogens with zero attached hydrogens (tertiary/aromatic N) is 1. The number of aryl methyl sites for hydroxylation is 1. The van der Waals surface area contributed by atoms with Crippen LogP contribution in [0, 0.1) is 12.8 Å². The van der Waals surface area contributed by atoms with E-state index < -0.39 is 0 Å². The maximum atomic E-state index is 11.8. The first-order valence-electron chi connectivity index (χ1n) is 11.1. The fraction of sp³-hybridized carbons (Fsp3) is 0.652. The molecule has 0 radical (unpaired) electrons. The second-order valence-corrected chi connectivity index (χ2v) is 8.28. The molecular weight excluding hydrogens is 507 g/mol. The summed E-state index contributed by atoms with van der Waals surface area (Å²) < 4.78 is 11.4. The first-order valence-corrected chi connectivity index (χ1v) is 11.1. The third kappa shape index (κ3) is 7.24. The fourth-order valence-electron chi connectivity index (χ4n) is 3.94. The predicted molar refractivity (Wildman–Crippen MR) is 135 cm³/mol. The second kappa shape index (κ2) is 12.5. The number of aliphatic imine (C=N–C) groups is 1. The zero-order valence-corrected chi connectivity index (χ0v) is 21.3. The number of hydrogen-bond acceptors (Lipinski definition) is 4. The fourth-order valence-corrected chi connectivity index (χ4v) is 3.94. The lowest BCUT2D eigenvalue weighted by molar-refractivity contribution is -0.122. The van der Waals surface area contributed by atoms with Gasteiger partial charge in [-0.2, -0.15) is 0 Å². The van der Waals surface area contributed by atoms with Crippen LogP contribution >= 0.6 is 24.0 Å². The molecule has 2 aliphatic rings. The van der Waals surface area contributed by atoms with Gasteiger partial charge in [0.1, 0.15) is 5.75 Å². The average Bonchev–Trinajstić information content (AvgIpc) is 3.61. The molecular formula is C23H37IN4O3. The van der Waals surface area contributed by atoms with Crippen molar-refractivity contribution >= 4 is 35.8 Å². The number of hydrogen-bond donors (Lipinski definition) is 3. The zero-order chi connectivity index (χ0) is 21.4. The van der Waals surface area contributed by atoms with E-state index >= 15 is 0 Å². The van der Waals surface area contributed by atoms with Gasteiger partial charge in [0, 0.05) is 49.7 Å². The van der Waals surface area contributed by atoms with E-state index in [1.807, 2.05) is 0 Å². The molecule has 174 valence electrons. The largest absolute Gasteiger partial charge is 0.496 e. The van der Waals surface area contributed by atoms with Crippen LogP contribution in [0.3, 0.4) is 0 Å². The van der Waals surface area contributed by atoms with Crippen LogP contribution in [-0.4, -0.2) is 58.4 Å². The normalized spacial score (nSPS) is 18.0. The van der Waals surface area contributed by atoms with Crippen molar-refractivity contribution in [1.29, 1.82) is 0 Å². The van der Waals surface area contributed by atoms with Gasteiger partial charge in [-0.25, -0.2) is 0 Å². The molecule has 1 heterocycles. The topological polar surface area (TPSA) is 84.0 Å². The van der Waals surface area contributed by atoms with Gasteiger partial charge in [0.25, 0.3) is 0 Å². The minimum Gasteiger partial charge on any atom is -0.496 e. The Bertz CT molecular complexity index is 746. The number of methoxy groups -OCH3 is 1. The number of ether oxygens (including phenoxy) is 2. The van der Waals surface area contributed by atoms with Crippen molar-refractivity contribution in [2.75, 3.05) is 46.5 Å². The summed E-state index contributed by atoms with van der Waals surface area (Å²) in [6, 6.07) is 6.37. The Kier molecular flexibility index (Phi) is 10.3. The van der Waals surface area contributed by atoms with Crippen LogP contribution in [-0.2, 0) is 14.9 Å². The van der Waals surface area contributed by atoms with Gasteiger partial charge in [-0.05, 0) is 45.6 Å². The standard InChI is InChI=1S/C23H36N4O3.HI/c1-4-24-22(26-12-11-25-21(28)18-6-7-18)27-16-23(9-13-30-14-10-23)19-15-17(2)5-8-20(19)29-3;/h5,8,15,18H,4,6-7,9-14,16H2,1-3H3,(H,25,28)(H2,24,26,27);1H. The molecule has 8 heteroatoms. The minimum atomic E-state index is -0.113. The van der Waals surface area contributed by atoms with Crippen molar-refractivity contribution < 1.29 is 14.3 Å². The number of amides is 1. The van der Waals surface area contributed by atoms with E-state index in [4.69, 9.17) is 14.5 Å². The molecule has 1 aliphatic heterocycles. The first-order chi connectivity index (χ1) is 14.6. The lowest BCUT2D eigenvalue weighted by Gasteiger charge is -2.37. The first kappa shape index (κ1) is 25.7. The average molecular weight is 544 g/mol. The van der Waals surface area contributed by atoms with Crippen molar-refractivity contribution in [1.82, 2.24) is 16.0 Å². The number of rotatable bonds is 9. The van der Waals surface area contributed by atoms with Crippen molar-refractivity contribution in [3.05, 3.63) is 29.3 Å². The Morgan fingerprint density at radius 2 is 1.90 bits per heavy atom. The van der Waals surface area contributed by atoms with Crippen LogP contribution in [0.2, 0.25) is 0 Å². The minimum absolute atomic E-state index is 0. The van der Waals surface area contributed by atoms with Crippen molar-refractivity contribution in [3.63, 3.8) is 0 Å². The third-order valence-corrected chi connectivity index (χ3v) is 5.93. The summed E-state index contributed by atoms with van der Waals surface area (Å²) in [6.45, 7) is 8.30. The maximum Gasteiger partial charge on any atom is 0.223 e. The second-order valence-electron chi connectivity index (χ2n) is 8.28. The van der Waals surface area contributed by atoms with E-state index in [2.05, 4.69) is 48.0 Å². The summed E-state index contributed by atoms with van der Waals surface area (Å²) in [6.07, 6.45) is 3.87. The van der Waals surface area contributed by atoms with Crippen LogP contribution in [0.25, 0.3) is 0 Å². The molecule has 0 atom stereocenters. The van der Waals surface area contributed by atoms with E-state index in [1.165, 1.54) is 11.1 Å². The monoisotopic (exact) mass is 544 g/mol. The molecule has 0 unspecified atom stereocenters. The summed E-state index contributed by atoms with van der Waals surface area (Å²) in [5.41, 5.74) is 2.32. The van der Waals surface area contributed by atoms with Gasteiger partial charge in [0.2, 0.25) is 5.91 Å². The summed E-state index contributed by atoms with van der Waals surface area (Å²) >= 11 is 0. The SMILES string of the molecule is CCNC(=NCC1(c2cc(C)ccc2OC)CCOCC1)NCCNC(=O)C1CC1.I. The lowest BCUT2D eigenvalue weighted by atomic mass is 9.73. The predicted octanol–water partition coefficient (Wildman–Crippen LogP) is 2.75. The molecule has 1 aromatic carbocycles. The zero-order valence-electron chi connectivity index (χ0n) is 19.0. The molecule has 1 saturated heterocycles. The van der Waals surface area contributed by atoms with Crippen molar-refractivity contribution in [2.45, 2.75) is 44.9 Å². The highest BCUT2D eigenvalue weighted by molar-refractivity contribution is 14.0. The van der Waals surface area contributed by atoms with Crippen LogP contribution in [0.1, 0.15) is 43.7 Å². The molecule has 3 rings (SSSR count). The van der Waals surface area contributed by atoms with Gasteiger partial charge in [-0.1, -0.05) is 17.7 Å². The molecule has 1 saturated carbocycles. The quantitative estimate of drug-likeness (QED) is 0.193. The number of carbonyl (C=O) groups is 1. The highest BCUT2D eigenvalue weighted by atomic mass is 127. The van der Waals surface area contributed by atoms with E-state index in [9.17, 15) is 4.79 Å². The molecule has 0 spiro atoms. The van der Waals surface area contributed by atoms with Crippen LogP contribution in [0.4, 0.5) is 0 Å². The summed E-state index contributed by atoms with van der Waals surface area (Å²) in [5, 5.41) is 9.65. The Morgan fingerprint density at radius 3 is 2.55 bits per heavy atom. The third-order valence-electron chi connectivity index (χ3n) is 5.93. The van der Waals surface area contributed by atoms with Gasteiger partial charge in [0.15, 0.2) is 5.96 Å². The van der Waals surface area contributed by atoms with Gasteiger partial charge in [-0.15, -0.1) is 24.0 Å². The summed E-state index contributed by atoms with van der Waals surface area (Å²) in [4.78, 5) is 16.7. The van der Waals surface area contributed by atoms with E-state index in [1.54, 1.807) is 7.11 Å². The van der Waals surface area contributed by atoms with Crippen molar-refractivity contribution in [3.8, 4) is 5.75 Å². The van der Waals surface area contributed by atoms with E-state index in [0.29, 0.717) is 19.6 Å². The van der Waals surface area contributed by atoms with Crippen LogP contribution in [0.5, 0.6) is 5.75 Å². The number of guanidine groups is 1. The van der Waals surface area contributed by atoms with Crippen LogP contribution in [0.15, 0.2) is 23.2 Å².